The fourth-order valence-electron chi connectivity index (χ4n) is 6.03. The molecule has 1 saturated heterocycles. The molecule has 3 heterocycles. The SMILES string of the molecule is CCOc1cncc(-c2cc(CN3CCN(c4ccc(C(=O)NS(=O)(=O)c5ccc(NCCSc6ccccc6)c([N+](=O)[O-])c5)nn4)CC3)cc(C(F)(F)F)c2)c1. The van der Waals surface area contributed by atoms with E-state index in [9.17, 15) is 36.5 Å². The van der Waals surface area contributed by atoms with Gasteiger partial charge in [-0.1, -0.05) is 18.2 Å². The van der Waals surface area contributed by atoms with Crippen LogP contribution in [0.25, 0.3) is 11.1 Å². The van der Waals surface area contributed by atoms with Gasteiger partial charge in [-0.2, -0.15) is 13.2 Å². The number of nitro groups is 1. The first-order valence-electron chi connectivity index (χ1n) is 17.7. The Labute approximate surface area is 330 Å². The van der Waals surface area contributed by atoms with Crippen LogP contribution in [0.4, 0.5) is 30.4 Å². The molecule has 1 fully saturated rings. The second-order valence-corrected chi connectivity index (χ2v) is 15.6. The van der Waals surface area contributed by atoms with Crippen LogP contribution in [0.2, 0.25) is 0 Å². The molecule has 1 aliphatic rings. The number of thioether (sulfide) groups is 1. The van der Waals surface area contributed by atoms with E-state index in [1.165, 1.54) is 30.6 Å². The number of ether oxygens (including phenoxy) is 1. The van der Waals surface area contributed by atoms with Crippen LogP contribution in [-0.2, 0) is 22.7 Å². The topological polar surface area (TPSA) is 173 Å². The molecule has 57 heavy (non-hydrogen) atoms. The standard InChI is InChI=1S/C38H37F3N8O6S2/c1-2-55-30-21-28(23-42-24-30)27-18-26(19-29(20-27)38(39,40)41)25-47-13-15-48(16-14-47)36-11-10-34(44-45-36)37(50)46-57(53,54)32-8-9-33(35(22-32)49(51)52)43-12-17-56-31-6-4-3-5-7-31/h3-11,18-24,43H,2,12-17,25H2,1H3,(H,46,50). The van der Waals surface area contributed by atoms with Gasteiger partial charge in [-0.05, 0) is 78.7 Å². The van der Waals surface area contributed by atoms with E-state index in [2.05, 4.69) is 20.5 Å². The van der Waals surface area contributed by atoms with Crippen molar-refractivity contribution < 1.29 is 36.0 Å². The third-order valence-electron chi connectivity index (χ3n) is 8.80. The van der Waals surface area contributed by atoms with Crippen molar-refractivity contribution in [2.75, 3.05) is 55.3 Å². The average Bonchev–Trinajstić information content (AvgIpc) is 3.20. The third-order valence-corrected chi connectivity index (χ3v) is 11.1. The number of anilines is 2. The van der Waals surface area contributed by atoms with E-state index in [1.807, 2.05) is 44.9 Å². The van der Waals surface area contributed by atoms with Crippen LogP contribution in [0.1, 0.15) is 28.5 Å². The van der Waals surface area contributed by atoms with Gasteiger partial charge in [0, 0.05) is 67.7 Å². The first-order valence-corrected chi connectivity index (χ1v) is 20.1. The van der Waals surface area contributed by atoms with E-state index in [0.717, 1.165) is 29.2 Å². The summed E-state index contributed by atoms with van der Waals surface area (Å²) in [5, 5.41) is 22.8. The van der Waals surface area contributed by atoms with Crippen molar-refractivity contribution in [1.82, 2.24) is 24.8 Å². The molecule has 0 spiro atoms. The number of carbonyl (C=O) groups is 1. The zero-order valence-corrected chi connectivity index (χ0v) is 32.1. The lowest BCUT2D eigenvalue weighted by Gasteiger charge is -2.35. The molecular weight excluding hydrogens is 786 g/mol. The van der Waals surface area contributed by atoms with Gasteiger partial charge in [-0.3, -0.25) is 24.8 Å². The van der Waals surface area contributed by atoms with Crippen LogP contribution in [0.15, 0.2) is 107 Å². The minimum Gasteiger partial charge on any atom is -0.492 e. The highest BCUT2D eigenvalue weighted by atomic mass is 32.2. The first-order chi connectivity index (χ1) is 27.3. The van der Waals surface area contributed by atoms with Gasteiger partial charge in [0.1, 0.15) is 11.4 Å². The predicted molar refractivity (Wildman–Crippen MR) is 209 cm³/mol. The minimum absolute atomic E-state index is 0.128. The average molecular weight is 823 g/mol. The van der Waals surface area contributed by atoms with Crippen LogP contribution in [0.3, 0.4) is 0 Å². The van der Waals surface area contributed by atoms with Crippen molar-refractivity contribution in [2.45, 2.75) is 29.4 Å². The van der Waals surface area contributed by atoms with Crippen molar-refractivity contribution in [3.63, 3.8) is 0 Å². The zero-order chi connectivity index (χ0) is 40.6. The van der Waals surface area contributed by atoms with Gasteiger partial charge in [0.25, 0.3) is 21.6 Å². The lowest BCUT2D eigenvalue weighted by molar-refractivity contribution is -0.384. The number of pyridine rings is 1. The number of amides is 1. The second-order valence-electron chi connectivity index (χ2n) is 12.8. The Hall–Kier alpha value is -5.79. The van der Waals surface area contributed by atoms with Gasteiger partial charge in [0.15, 0.2) is 11.5 Å². The van der Waals surface area contributed by atoms with Crippen molar-refractivity contribution in [3.8, 4) is 16.9 Å². The highest BCUT2D eigenvalue weighted by Gasteiger charge is 2.32. The Morgan fingerprint density at radius 3 is 2.40 bits per heavy atom. The number of halogens is 3. The summed E-state index contributed by atoms with van der Waals surface area (Å²) in [6.07, 6.45) is -1.55. The smallest absolute Gasteiger partial charge is 0.416 e. The molecule has 14 nitrogen and oxygen atoms in total. The quantitative estimate of drug-likeness (QED) is 0.0507. The molecule has 5 aromatic rings. The Kier molecular flexibility index (Phi) is 12.9. The van der Waals surface area contributed by atoms with E-state index >= 15 is 0 Å². The normalized spacial score (nSPS) is 13.6. The molecule has 298 valence electrons. The summed E-state index contributed by atoms with van der Waals surface area (Å²) in [6, 6.07) is 21.3. The molecule has 2 aromatic heterocycles. The van der Waals surface area contributed by atoms with Gasteiger partial charge in [-0.15, -0.1) is 22.0 Å². The third kappa shape index (κ3) is 10.7. The van der Waals surface area contributed by atoms with Crippen molar-refractivity contribution in [3.05, 3.63) is 124 Å². The molecule has 1 amide bonds. The summed E-state index contributed by atoms with van der Waals surface area (Å²) in [6.45, 7) is 4.72. The highest BCUT2D eigenvalue weighted by Crippen LogP contribution is 2.35. The number of nitrogens with zero attached hydrogens (tertiary/aromatic N) is 6. The molecule has 6 rings (SSSR count). The number of alkyl halides is 3. The van der Waals surface area contributed by atoms with Gasteiger partial charge in [0.05, 0.1) is 28.2 Å². The maximum atomic E-state index is 13.9. The number of rotatable bonds is 15. The molecule has 19 heteroatoms. The number of nitrogens with one attached hydrogen (secondary N) is 2. The summed E-state index contributed by atoms with van der Waals surface area (Å²) in [5.74, 6) is 0.391. The number of hydrogen-bond donors (Lipinski definition) is 2. The van der Waals surface area contributed by atoms with Crippen LogP contribution >= 0.6 is 11.8 Å². The van der Waals surface area contributed by atoms with E-state index in [0.29, 0.717) is 73.3 Å². The molecule has 0 radical (unpaired) electrons. The number of piperazine rings is 1. The first kappa shape index (κ1) is 40.9. The maximum Gasteiger partial charge on any atom is 0.416 e. The summed E-state index contributed by atoms with van der Waals surface area (Å²) < 4.78 is 75.3. The van der Waals surface area contributed by atoms with Crippen LogP contribution in [0.5, 0.6) is 5.75 Å². The molecule has 0 bridgehead atoms. The van der Waals surface area contributed by atoms with Crippen molar-refractivity contribution >= 4 is 44.9 Å². The van der Waals surface area contributed by atoms with Gasteiger partial charge < -0.3 is 15.0 Å². The number of sulfonamides is 1. The van der Waals surface area contributed by atoms with E-state index in [1.54, 1.807) is 30.8 Å². The molecule has 0 unspecified atom stereocenters. The Balaban J connectivity index is 1.04. The lowest BCUT2D eigenvalue weighted by atomic mass is 10.00. The second kappa shape index (κ2) is 18.0. The maximum absolute atomic E-state index is 13.9. The van der Waals surface area contributed by atoms with Crippen LogP contribution in [-0.4, -0.2) is 84.4 Å². The van der Waals surface area contributed by atoms with Gasteiger partial charge in [0.2, 0.25) is 0 Å². The molecular formula is C38H37F3N8O6S2. The largest absolute Gasteiger partial charge is 0.492 e. The monoisotopic (exact) mass is 822 g/mol. The molecule has 1 aliphatic heterocycles. The number of nitro benzene ring substituents is 1. The van der Waals surface area contributed by atoms with Crippen LogP contribution in [0, 0.1) is 10.1 Å². The molecule has 0 saturated carbocycles. The zero-order valence-electron chi connectivity index (χ0n) is 30.5. The summed E-state index contributed by atoms with van der Waals surface area (Å²) >= 11 is 1.55. The fourth-order valence-corrected chi connectivity index (χ4v) is 7.80. The summed E-state index contributed by atoms with van der Waals surface area (Å²) in [4.78, 5) is 32.6. The van der Waals surface area contributed by atoms with Crippen molar-refractivity contribution in [2.24, 2.45) is 0 Å². The highest BCUT2D eigenvalue weighted by molar-refractivity contribution is 7.99. The molecule has 0 atom stereocenters. The van der Waals surface area contributed by atoms with E-state index in [-0.39, 0.29) is 17.9 Å². The Morgan fingerprint density at radius 2 is 1.72 bits per heavy atom. The summed E-state index contributed by atoms with van der Waals surface area (Å²) in [5.41, 5.74) is -0.0514. The van der Waals surface area contributed by atoms with Gasteiger partial charge in [-0.25, -0.2) is 13.1 Å². The van der Waals surface area contributed by atoms with Crippen molar-refractivity contribution in [1.29, 1.82) is 0 Å². The Bertz CT molecular complexity index is 2310. The number of aromatic nitrogens is 3. The molecule has 3 aromatic carbocycles. The Morgan fingerprint density at radius 1 is 0.947 bits per heavy atom. The number of benzene rings is 3. The molecule has 2 N–H and O–H groups in total. The molecule has 0 aliphatic carbocycles. The number of carbonyl (C=O) groups excluding carboxylic acids is 1. The van der Waals surface area contributed by atoms with Gasteiger partial charge >= 0.3 is 6.18 Å². The predicted octanol–water partition coefficient (Wildman–Crippen LogP) is 6.51. The minimum atomic E-state index is -4.55. The van der Waals surface area contributed by atoms with E-state index in [4.69, 9.17) is 4.74 Å². The van der Waals surface area contributed by atoms with E-state index < -0.39 is 43.2 Å². The number of hydrogen-bond acceptors (Lipinski definition) is 13. The van der Waals surface area contributed by atoms with Crippen LogP contribution < -0.4 is 19.7 Å². The summed E-state index contributed by atoms with van der Waals surface area (Å²) in [7, 11) is -4.53. The lowest BCUT2D eigenvalue weighted by Crippen LogP contribution is -2.46. The fraction of sp³-hybridized carbons (Fsp3) is 0.263.